The Morgan fingerprint density at radius 1 is 0.860 bits per heavy atom. The van der Waals surface area contributed by atoms with Crippen LogP contribution in [0.25, 0.3) is 0 Å². The number of benzene rings is 1. The first-order chi connectivity index (χ1) is 20.9. The van der Waals surface area contributed by atoms with Gasteiger partial charge in [0, 0.05) is 51.4 Å². The lowest BCUT2D eigenvalue weighted by Gasteiger charge is -2.41. The molecule has 0 aromatic heterocycles. The number of rotatable bonds is 10. The van der Waals surface area contributed by atoms with Crippen LogP contribution >= 0.6 is 0 Å². The molecular weight excluding hydrogens is 540 g/mol. The Hall–Kier alpha value is -2.65. The number of hydrogen-bond acceptors (Lipinski definition) is 5. The Balaban J connectivity index is 1.11. The number of piperidine rings is 2. The Bertz CT molecular complexity index is 1120. The minimum Gasteiger partial charge on any atom is -0.352 e. The molecule has 2 aliphatic heterocycles. The Kier molecular flexibility index (Phi) is 9.57. The van der Waals surface area contributed by atoms with Crippen molar-refractivity contribution in [1.82, 2.24) is 25.8 Å². The molecule has 3 aliphatic carbocycles. The quantitative estimate of drug-likeness (QED) is 0.331. The zero-order valence-corrected chi connectivity index (χ0v) is 25.8. The third kappa shape index (κ3) is 7.90. The van der Waals surface area contributed by atoms with Crippen LogP contribution in [0.15, 0.2) is 24.3 Å². The van der Waals surface area contributed by atoms with Crippen LogP contribution in [0.4, 0.5) is 4.79 Å². The second kappa shape index (κ2) is 13.6. The molecule has 0 bridgehead atoms. The molecule has 6 rings (SSSR count). The first-order valence-corrected chi connectivity index (χ1v) is 17.1. The number of nitrogens with two attached hydrogens (primary N) is 1. The number of likely N-dealkylation sites (tertiary alicyclic amines) is 2. The molecule has 43 heavy (non-hydrogen) atoms. The SMILES string of the molecule is NCc1ccc(CNC(=O)[C@H]2CN(C(=O)[C@@H](CC3CC3)NC3CCCCC3)CC[C@H]2NC(=O)N2CCC3(CC2)CC3)cc1. The van der Waals surface area contributed by atoms with Gasteiger partial charge in [0.2, 0.25) is 11.8 Å². The number of urea groups is 1. The summed E-state index contributed by atoms with van der Waals surface area (Å²) in [6.07, 6.45) is 14.6. The summed E-state index contributed by atoms with van der Waals surface area (Å²) in [5, 5.41) is 10.1. The third-order valence-corrected chi connectivity index (χ3v) is 11.0. The van der Waals surface area contributed by atoms with Crippen LogP contribution in [-0.4, -0.2) is 71.9 Å². The van der Waals surface area contributed by atoms with Crippen molar-refractivity contribution in [3.63, 3.8) is 0 Å². The van der Waals surface area contributed by atoms with Crippen molar-refractivity contribution in [2.24, 2.45) is 23.0 Å². The van der Waals surface area contributed by atoms with Gasteiger partial charge in [-0.15, -0.1) is 0 Å². The van der Waals surface area contributed by atoms with E-state index in [1.165, 1.54) is 44.9 Å². The molecule has 5 aliphatic rings. The lowest BCUT2D eigenvalue weighted by Crippen LogP contribution is -2.61. The van der Waals surface area contributed by atoms with Crippen molar-refractivity contribution in [2.75, 3.05) is 26.2 Å². The van der Waals surface area contributed by atoms with E-state index in [9.17, 15) is 14.4 Å². The molecule has 1 aromatic rings. The van der Waals surface area contributed by atoms with Crippen LogP contribution in [0.5, 0.6) is 0 Å². The molecule has 0 unspecified atom stereocenters. The fourth-order valence-electron chi connectivity index (χ4n) is 7.52. The zero-order valence-electron chi connectivity index (χ0n) is 25.8. The van der Waals surface area contributed by atoms with E-state index >= 15 is 0 Å². The summed E-state index contributed by atoms with van der Waals surface area (Å²) in [6.45, 7) is 3.35. The van der Waals surface area contributed by atoms with E-state index in [1.807, 2.05) is 34.1 Å². The van der Waals surface area contributed by atoms with E-state index in [-0.39, 0.29) is 29.9 Å². The second-order valence-corrected chi connectivity index (χ2v) is 14.2. The van der Waals surface area contributed by atoms with Crippen LogP contribution in [0.3, 0.4) is 0 Å². The van der Waals surface area contributed by atoms with E-state index in [0.29, 0.717) is 50.0 Å². The highest BCUT2D eigenvalue weighted by atomic mass is 16.2. The smallest absolute Gasteiger partial charge is 0.317 e. The monoisotopic (exact) mass is 592 g/mol. The van der Waals surface area contributed by atoms with Gasteiger partial charge in [0.25, 0.3) is 0 Å². The molecule has 9 heteroatoms. The highest BCUT2D eigenvalue weighted by molar-refractivity contribution is 5.85. The largest absolute Gasteiger partial charge is 0.352 e. The van der Waals surface area contributed by atoms with Crippen LogP contribution in [0.2, 0.25) is 0 Å². The maximum Gasteiger partial charge on any atom is 0.317 e. The van der Waals surface area contributed by atoms with Gasteiger partial charge in [0.05, 0.1) is 12.0 Å². The molecule has 3 saturated carbocycles. The second-order valence-electron chi connectivity index (χ2n) is 14.2. The van der Waals surface area contributed by atoms with Crippen molar-refractivity contribution in [3.8, 4) is 0 Å². The average Bonchev–Trinajstić information content (AvgIpc) is 3.99. The number of nitrogens with zero attached hydrogens (tertiary/aromatic N) is 2. The van der Waals surface area contributed by atoms with E-state index < -0.39 is 5.92 Å². The van der Waals surface area contributed by atoms with Gasteiger partial charge in [-0.25, -0.2) is 4.79 Å². The predicted octanol–water partition coefficient (Wildman–Crippen LogP) is 3.66. The molecule has 2 saturated heterocycles. The maximum atomic E-state index is 14.0. The summed E-state index contributed by atoms with van der Waals surface area (Å²) in [5.41, 5.74) is 8.28. The lowest BCUT2D eigenvalue weighted by atomic mass is 9.89. The Morgan fingerprint density at radius 2 is 1.56 bits per heavy atom. The summed E-state index contributed by atoms with van der Waals surface area (Å²) in [4.78, 5) is 45.0. The van der Waals surface area contributed by atoms with E-state index in [0.717, 1.165) is 56.3 Å². The van der Waals surface area contributed by atoms with E-state index in [4.69, 9.17) is 5.73 Å². The summed E-state index contributed by atoms with van der Waals surface area (Å²) >= 11 is 0. The van der Waals surface area contributed by atoms with Gasteiger partial charge in [0.15, 0.2) is 0 Å². The van der Waals surface area contributed by atoms with Crippen molar-refractivity contribution < 1.29 is 14.4 Å². The van der Waals surface area contributed by atoms with Gasteiger partial charge in [0.1, 0.15) is 0 Å². The molecule has 4 amide bonds. The summed E-state index contributed by atoms with van der Waals surface area (Å²) in [7, 11) is 0. The van der Waals surface area contributed by atoms with Crippen molar-refractivity contribution in [1.29, 1.82) is 0 Å². The van der Waals surface area contributed by atoms with Gasteiger partial charge in [-0.3, -0.25) is 9.59 Å². The number of carbonyl (C=O) groups excluding carboxylic acids is 3. The van der Waals surface area contributed by atoms with Crippen LogP contribution in [0.1, 0.15) is 94.6 Å². The molecule has 5 fully saturated rings. The first kappa shape index (κ1) is 30.4. The number of amides is 4. The maximum absolute atomic E-state index is 14.0. The summed E-state index contributed by atoms with van der Waals surface area (Å²) in [6, 6.07) is 7.78. The minimum absolute atomic E-state index is 0.0685. The molecule has 9 nitrogen and oxygen atoms in total. The van der Waals surface area contributed by atoms with Crippen LogP contribution in [0, 0.1) is 17.3 Å². The fourth-order valence-corrected chi connectivity index (χ4v) is 7.52. The van der Waals surface area contributed by atoms with Crippen LogP contribution < -0.4 is 21.7 Å². The number of hydrogen-bond donors (Lipinski definition) is 4. The van der Waals surface area contributed by atoms with Gasteiger partial charge < -0.3 is 31.5 Å². The Labute approximate surface area is 257 Å². The van der Waals surface area contributed by atoms with Crippen molar-refractivity contribution >= 4 is 17.8 Å². The van der Waals surface area contributed by atoms with Gasteiger partial charge in [-0.05, 0) is 73.8 Å². The highest BCUT2D eigenvalue weighted by Gasteiger charge is 2.46. The zero-order chi connectivity index (χ0) is 29.8. The molecule has 1 aromatic carbocycles. The molecule has 236 valence electrons. The number of carbonyl (C=O) groups is 3. The summed E-state index contributed by atoms with van der Waals surface area (Å²) < 4.78 is 0. The van der Waals surface area contributed by atoms with Gasteiger partial charge in [-0.2, -0.15) is 0 Å². The van der Waals surface area contributed by atoms with E-state index in [1.54, 1.807) is 0 Å². The van der Waals surface area contributed by atoms with Gasteiger partial charge in [-0.1, -0.05) is 56.4 Å². The van der Waals surface area contributed by atoms with Crippen LogP contribution in [-0.2, 0) is 22.7 Å². The molecule has 0 radical (unpaired) electrons. The molecule has 2 heterocycles. The molecule has 1 spiro atoms. The molecule has 5 N–H and O–H groups in total. The highest BCUT2D eigenvalue weighted by Crippen LogP contribution is 2.53. The topological polar surface area (TPSA) is 120 Å². The normalized spacial score (nSPS) is 26.2. The average molecular weight is 593 g/mol. The lowest BCUT2D eigenvalue weighted by molar-refractivity contribution is -0.138. The third-order valence-electron chi connectivity index (χ3n) is 11.0. The standard InChI is InChI=1S/C34H52N6O3/c35-21-25-8-10-26(11-9-25)22-36-31(41)28-23-40(32(42)30(20-24-6-7-24)37-27-4-2-1-3-5-27)17-12-29(28)38-33(43)39-18-15-34(13-14-34)16-19-39/h8-11,24,27-30,37H,1-7,12-23,35H2,(H,36,41)(H,38,43)/t28-,29+,30+/m0/s1. The van der Waals surface area contributed by atoms with Crippen molar-refractivity contribution in [2.45, 2.75) is 115 Å². The van der Waals surface area contributed by atoms with Gasteiger partial charge >= 0.3 is 6.03 Å². The summed E-state index contributed by atoms with van der Waals surface area (Å²) in [5.74, 6) is 0.148. The predicted molar refractivity (Wildman–Crippen MR) is 167 cm³/mol. The minimum atomic E-state index is -0.499. The molecule has 3 atom stereocenters. The Morgan fingerprint density at radius 3 is 2.21 bits per heavy atom. The molecular formula is C34H52N6O3. The number of nitrogens with one attached hydrogen (secondary N) is 3. The first-order valence-electron chi connectivity index (χ1n) is 17.1. The van der Waals surface area contributed by atoms with E-state index in [2.05, 4.69) is 16.0 Å². The fraction of sp³-hybridized carbons (Fsp3) is 0.735. The van der Waals surface area contributed by atoms with Crippen molar-refractivity contribution in [3.05, 3.63) is 35.4 Å².